The molecule has 1 aromatic rings. The lowest BCUT2D eigenvalue weighted by molar-refractivity contribution is 0.367. The van der Waals surface area contributed by atoms with Gasteiger partial charge in [0.1, 0.15) is 11.5 Å². The highest BCUT2D eigenvalue weighted by atomic mass is 16.5. The summed E-state index contributed by atoms with van der Waals surface area (Å²) >= 11 is 0. The van der Waals surface area contributed by atoms with Gasteiger partial charge in [0.15, 0.2) is 0 Å². The molecule has 0 bridgehead atoms. The van der Waals surface area contributed by atoms with E-state index in [-0.39, 0.29) is 0 Å². The first-order valence-corrected chi connectivity index (χ1v) is 7.74. The van der Waals surface area contributed by atoms with Crippen molar-refractivity contribution in [3.05, 3.63) is 23.8 Å². The molecule has 3 nitrogen and oxygen atoms in total. The summed E-state index contributed by atoms with van der Waals surface area (Å²) in [4.78, 5) is 0. The zero-order chi connectivity index (χ0) is 14.4. The lowest BCUT2D eigenvalue weighted by Gasteiger charge is -2.24. The fourth-order valence-electron chi connectivity index (χ4n) is 3.38. The molecular weight excluding hydrogens is 250 g/mol. The molecule has 1 fully saturated rings. The van der Waals surface area contributed by atoms with Crippen molar-refractivity contribution in [2.45, 2.75) is 51.0 Å². The minimum Gasteiger partial charge on any atom is -0.496 e. The van der Waals surface area contributed by atoms with Crippen LogP contribution in [0.5, 0.6) is 11.5 Å². The smallest absolute Gasteiger partial charge is 0.126 e. The first kappa shape index (κ1) is 15.2. The fourth-order valence-corrected chi connectivity index (χ4v) is 3.38. The molecule has 0 amide bonds. The topological polar surface area (TPSA) is 30.5 Å². The molecule has 112 valence electrons. The fraction of sp³-hybridized carbons (Fsp3) is 0.647. The lowest BCUT2D eigenvalue weighted by atomic mass is 9.89. The maximum atomic E-state index is 5.58. The number of rotatable bonds is 5. The summed E-state index contributed by atoms with van der Waals surface area (Å²) in [6, 6.07) is 6.71. The van der Waals surface area contributed by atoms with E-state index in [0.29, 0.717) is 12.0 Å². The largest absolute Gasteiger partial charge is 0.496 e. The molecule has 0 saturated heterocycles. The Morgan fingerprint density at radius 3 is 2.35 bits per heavy atom. The molecule has 20 heavy (non-hydrogen) atoms. The van der Waals surface area contributed by atoms with Gasteiger partial charge in [-0.2, -0.15) is 0 Å². The number of hydrogen-bond donors (Lipinski definition) is 1. The third-order valence-electron chi connectivity index (χ3n) is 4.29. The van der Waals surface area contributed by atoms with Crippen LogP contribution < -0.4 is 14.8 Å². The summed E-state index contributed by atoms with van der Waals surface area (Å²) < 4.78 is 11.2. The van der Waals surface area contributed by atoms with E-state index in [1.165, 1.54) is 37.7 Å². The van der Waals surface area contributed by atoms with E-state index in [0.717, 1.165) is 18.0 Å². The van der Waals surface area contributed by atoms with Crippen molar-refractivity contribution in [2.75, 3.05) is 20.8 Å². The van der Waals surface area contributed by atoms with Crippen LogP contribution in [0.2, 0.25) is 0 Å². The van der Waals surface area contributed by atoms with E-state index < -0.39 is 0 Å². The van der Waals surface area contributed by atoms with Crippen molar-refractivity contribution < 1.29 is 9.47 Å². The SMILES string of the molecule is CCNC1CCCCC(c2c(OC)cccc2OC)C1. The third-order valence-corrected chi connectivity index (χ3v) is 4.29. The minimum absolute atomic E-state index is 0.521. The average molecular weight is 277 g/mol. The van der Waals surface area contributed by atoms with Crippen molar-refractivity contribution in [1.82, 2.24) is 5.32 Å². The van der Waals surface area contributed by atoms with Gasteiger partial charge in [-0.25, -0.2) is 0 Å². The Morgan fingerprint density at radius 2 is 1.75 bits per heavy atom. The molecule has 0 spiro atoms. The number of methoxy groups -OCH3 is 2. The van der Waals surface area contributed by atoms with E-state index in [4.69, 9.17) is 9.47 Å². The highest BCUT2D eigenvalue weighted by Gasteiger charge is 2.26. The zero-order valence-corrected chi connectivity index (χ0v) is 12.9. The second kappa shape index (κ2) is 7.53. The maximum absolute atomic E-state index is 5.58. The maximum Gasteiger partial charge on any atom is 0.126 e. The monoisotopic (exact) mass is 277 g/mol. The van der Waals surface area contributed by atoms with Gasteiger partial charge in [0, 0.05) is 11.6 Å². The summed E-state index contributed by atoms with van der Waals surface area (Å²) in [5.41, 5.74) is 1.25. The van der Waals surface area contributed by atoms with Crippen molar-refractivity contribution in [3.63, 3.8) is 0 Å². The molecule has 0 radical (unpaired) electrons. The van der Waals surface area contributed by atoms with Gasteiger partial charge in [0.2, 0.25) is 0 Å². The first-order chi connectivity index (χ1) is 9.80. The molecule has 1 aliphatic carbocycles. The van der Waals surface area contributed by atoms with Crippen LogP contribution in [-0.4, -0.2) is 26.8 Å². The minimum atomic E-state index is 0.521. The van der Waals surface area contributed by atoms with Crippen LogP contribution in [-0.2, 0) is 0 Å². The van der Waals surface area contributed by atoms with E-state index in [1.807, 2.05) is 18.2 Å². The predicted octanol–water partition coefficient (Wildman–Crippen LogP) is 3.73. The molecule has 0 aromatic heterocycles. The molecule has 2 rings (SSSR count). The highest BCUT2D eigenvalue weighted by Crippen LogP contribution is 2.41. The molecular formula is C17H27NO2. The highest BCUT2D eigenvalue weighted by molar-refractivity contribution is 5.47. The second-order valence-corrected chi connectivity index (χ2v) is 5.55. The van der Waals surface area contributed by atoms with Gasteiger partial charge in [-0.15, -0.1) is 0 Å². The van der Waals surface area contributed by atoms with E-state index in [1.54, 1.807) is 14.2 Å². The Morgan fingerprint density at radius 1 is 1.10 bits per heavy atom. The first-order valence-electron chi connectivity index (χ1n) is 7.74. The molecule has 2 atom stereocenters. The number of nitrogens with one attached hydrogen (secondary N) is 1. The summed E-state index contributed by atoms with van der Waals surface area (Å²) in [5, 5.41) is 3.62. The molecule has 1 aromatic carbocycles. The van der Waals surface area contributed by atoms with Gasteiger partial charge in [0.25, 0.3) is 0 Å². The van der Waals surface area contributed by atoms with Crippen LogP contribution in [0.1, 0.15) is 50.5 Å². The third kappa shape index (κ3) is 3.45. The van der Waals surface area contributed by atoms with Crippen LogP contribution in [0.15, 0.2) is 18.2 Å². The Bertz CT molecular complexity index is 397. The quantitative estimate of drug-likeness (QED) is 0.832. The number of ether oxygens (including phenoxy) is 2. The van der Waals surface area contributed by atoms with E-state index >= 15 is 0 Å². The van der Waals surface area contributed by atoms with Gasteiger partial charge in [-0.1, -0.05) is 25.8 Å². The van der Waals surface area contributed by atoms with Gasteiger partial charge >= 0.3 is 0 Å². The van der Waals surface area contributed by atoms with Gasteiger partial charge in [-0.3, -0.25) is 0 Å². The molecule has 1 aliphatic rings. The normalized spacial score (nSPS) is 23.1. The summed E-state index contributed by atoms with van der Waals surface area (Å²) in [6.45, 7) is 3.23. The Kier molecular flexibility index (Phi) is 5.72. The number of hydrogen-bond acceptors (Lipinski definition) is 3. The van der Waals surface area contributed by atoms with Crippen molar-refractivity contribution in [3.8, 4) is 11.5 Å². The Balaban J connectivity index is 2.28. The lowest BCUT2D eigenvalue weighted by Crippen LogP contribution is -2.29. The van der Waals surface area contributed by atoms with Crippen LogP contribution in [0.25, 0.3) is 0 Å². The van der Waals surface area contributed by atoms with Crippen molar-refractivity contribution >= 4 is 0 Å². The van der Waals surface area contributed by atoms with E-state index in [2.05, 4.69) is 12.2 Å². The van der Waals surface area contributed by atoms with Crippen LogP contribution in [0.3, 0.4) is 0 Å². The molecule has 3 heteroatoms. The van der Waals surface area contributed by atoms with Crippen molar-refractivity contribution in [1.29, 1.82) is 0 Å². The Hall–Kier alpha value is -1.22. The standard InChI is InChI=1S/C17H27NO2/c1-4-18-14-9-6-5-8-13(12-14)17-15(19-2)10-7-11-16(17)20-3/h7,10-11,13-14,18H,4-6,8-9,12H2,1-3H3. The van der Waals surface area contributed by atoms with Crippen LogP contribution in [0.4, 0.5) is 0 Å². The van der Waals surface area contributed by atoms with Gasteiger partial charge in [0.05, 0.1) is 14.2 Å². The van der Waals surface area contributed by atoms with Crippen LogP contribution in [0, 0.1) is 0 Å². The molecule has 0 aliphatic heterocycles. The van der Waals surface area contributed by atoms with Gasteiger partial charge in [-0.05, 0) is 43.9 Å². The van der Waals surface area contributed by atoms with Crippen molar-refractivity contribution in [2.24, 2.45) is 0 Å². The molecule has 1 N–H and O–H groups in total. The Labute approximate surface area is 122 Å². The summed E-state index contributed by atoms with van der Waals surface area (Å²) in [7, 11) is 3.49. The molecule has 2 unspecified atom stereocenters. The zero-order valence-electron chi connectivity index (χ0n) is 12.9. The van der Waals surface area contributed by atoms with Gasteiger partial charge < -0.3 is 14.8 Å². The van der Waals surface area contributed by atoms with E-state index in [9.17, 15) is 0 Å². The number of benzene rings is 1. The second-order valence-electron chi connectivity index (χ2n) is 5.55. The molecule has 1 saturated carbocycles. The molecule has 0 heterocycles. The van der Waals surface area contributed by atoms with Crippen LogP contribution >= 0.6 is 0 Å². The summed E-state index contributed by atoms with van der Waals surface area (Å²) in [5.74, 6) is 2.45. The summed E-state index contributed by atoms with van der Waals surface area (Å²) in [6.07, 6.45) is 6.27. The predicted molar refractivity (Wildman–Crippen MR) is 82.8 cm³/mol. The average Bonchev–Trinajstić information content (AvgIpc) is 2.72.